The molecule has 0 saturated carbocycles. The van der Waals surface area contributed by atoms with E-state index in [-0.39, 0.29) is 5.56 Å². The van der Waals surface area contributed by atoms with Crippen molar-refractivity contribution in [2.75, 3.05) is 0 Å². The van der Waals surface area contributed by atoms with Gasteiger partial charge in [-0.3, -0.25) is 0 Å². The first-order valence-corrected chi connectivity index (χ1v) is 25.7. The summed E-state index contributed by atoms with van der Waals surface area (Å²) in [4.78, 5) is 0. The Bertz CT molecular complexity index is 3890. The van der Waals surface area contributed by atoms with Crippen molar-refractivity contribution < 1.29 is 13.2 Å². The molecular weight excluding hydrogens is 940 g/mol. The van der Waals surface area contributed by atoms with Crippen molar-refractivity contribution in [3.63, 3.8) is 0 Å². The van der Waals surface area contributed by atoms with Gasteiger partial charge in [-0.1, -0.05) is 184 Å². The summed E-state index contributed by atoms with van der Waals surface area (Å²) in [5, 5.41) is 15.9. The van der Waals surface area contributed by atoms with Gasteiger partial charge in [-0.25, -0.2) is 0 Å². The standard InChI is InChI=1S/C70H54F3N3/c1-40-21-41(2)26-52(25-40)48-13-17-58-59-18-14-49(53-27-42(3)22-43(4)28-53)34-65(59)75(64(58)33-48)68-37-56(57-11-9-10-12-63(57)70(71,72)73)38-69(62(68)39-74)76-66-35-50(54-29-44(5)23-45(6)30-54)15-19-60(66)61-20-16-51(36-67(61)76)55-31-46(7)24-47(8)32-55/h9-38H,1-8H3. The molecule has 10 aromatic carbocycles. The monoisotopic (exact) mass is 993 g/mol. The van der Waals surface area contributed by atoms with Crippen molar-refractivity contribution >= 4 is 43.6 Å². The van der Waals surface area contributed by atoms with Gasteiger partial charge in [0.1, 0.15) is 11.6 Å². The first-order valence-electron chi connectivity index (χ1n) is 25.7. The summed E-state index contributed by atoms with van der Waals surface area (Å²) < 4.78 is 50.6. The van der Waals surface area contributed by atoms with E-state index in [0.717, 1.165) is 139 Å². The van der Waals surface area contributed by atoms with Crippen LogP contribution in [-0.2, 0) is 6.18 Å². The molecule has 0 aliphatic carbocycles. The fourth-order valence-electron chi connectivity index (χ4n) is 12.1. The molecule has 3 nitrogen and oxygen atoms in total. The summed E-state index contributed by atoms with van der Waals surface area (Å²) in [5.41, 5.74) is 21.3. The Morgan fingerprint density at radius 1 is 0.329 bits per heavy atom. The topological polar surface area (TPSA) is 33.6 Å². The number of hydrogen-bond acceptors (Lipinski definition) is 1. The lowest BCUT2D eigenvalue weighted by molar-refractivity contribution is -0.137. The number of aromatic nitrogens is 2. The van der Waals surface area contributed by atoms with Crippen LogP contribution in [0, 0.1) is 66.7 Å². The third-order valence-corrected chi connectivity index (χ3v) is 15.0. The van der Waals surface area contributed by atoms with Crippen LogP contribution in [0.1, 0.15) is 55.6 Å². The molecule has 12 rings (SSSR count). The molecule has 0 amide bonds. The molecule has 0 atom stereocenters. The molecule has 2 aromatic heterocycles. The van der Waals surface area contributed by atoms with Crippen molar-refractivity contribution in [1.82, 2.24) is 9.13 Å². The number of halogens is 3. The highest BCUT2D eigenvalue weighted by atomic mass is 19.4. The molecule has 0 spiro atoms. The summed E-state index contributed by atoms with van der Waals surface area (Å²) >= 11 is 0. The number of hydrogen-bond donors (Lipinski definition) is 0. The third-order valence-electron chi connectivity index (χ3n) is 15.0. The Balaban J connectivity index is 1.26. The van der Waals surface area contributed by atoms with Crippen LogP contribution in [0.4, 0.5) is 13.2 Å². The lowest BCUT2D eigenvalue weighted by Gasteiger charge is -2.20. The van der Waals surface area contributed by atoms with Gasteiger partial charge in [0.15, 0.2) is 0 Å². The van der Waals surface area contributed by atoms with E-state index in [1.807, 2.05) is 0 Å². The fourth-order valence-corrected chi connectivity index (χ4v) is 12.1. The number of fused-ring (bicyclic) bond motifs is 6. The Kier molecular flexibility index (Phi) is 11.5. The van der Waals surface area contributed by atoms with Crippen LogP contribution in [0.3, 0.4) is 0 Å². The van der Waals surface area contributed by atoms with E-state index in [0.29, 0.717) is 22.5 Å². The van der Waals surface area contributed by atoms with Crippen LogP contribution in [0.5, 0.6) is 0 Å². The molecule has 0 bridgehead atoms. The third kappa shape index (κ3) is 8.43. The largest absolute Gasteiger partial charge is 0.417 e. The second-order valence-corrected chi connectivity index (χ2v) is 21.1. The summed E-state index contributed by atoms with van der Waals surface area (Å²) in [6.45, 7) is 16.7. The predicted octanol–water partition coefficient (Wildman–Crippen LogP) is 19.6. The summed E-state index contributed by atoms with van der Waals surface area (Å²) in [6.07, 6.45) is -4.67. The molecule has 2 heterocycles. The zero-order chi connectivity index (χ0) is 52.9. The van der Waals surface area contributed by atoms with E-state index in [1.54, 1.807) is 24.3 Å². The van der Waals surface area contributed by atoms with Gasteiger partial charge >= 0.3 is 6.18 Å². The average molecular weight is 994 g/mol. The molecule has 6 heteroatoms. The van der Waals surface area contributed by atoms with Crippen molar-refractivity contribution in [2.24, 2.45) is 0 Å². The van der Waals surface area contributed by atoms with Crippen molar-refractivity contribution in [1.29, 1.82) is 5.26 Å². The number of nitrogens with zero attached hydrogens (tertiary/aromatic N) is 3. The van der Waals surface area contributed by atoms with Crippen molar-refractivity contribution in [2.45, 2.75) is 61.6 Å². The molecule has 12 aromatic rings. The minimum absolute atomic E-state index is 0.0159. The Hall–Kier alpha value is -8.92. The van der Waals surface area contributed by atoms with Gasteiger partial charge in [0.2, 0.25) is 0 Å². The molecule has 0 N–H and O–H groups in total. The quantitative estimate of drug-likeness (QED) is 0.157. The average Bonchev–Trinajstić information content (AvgIpc) is 3.88. The minimum atomic E-state index is -4.67. The molecule has 76 heavy (non-hydrogen) atoms. The molecule has 0 unspecified atom stereocenters. The first-order chi connectivity index (χ1) is 36.5. The first kappa shape index (κ1) is 48.0. The van der Waals surface area contributed by atoms with Crippen LogP contribution in [0.2, 0.25) is 0 Å². The van der Waals surface area contributed by atoms with Gasteiger partial charge in [-0.15, -0.1) is 0 Å². The molecule has 0 aliphatic rings. The van der Waals surface area contributed by atoms with Gasteiger partial charge in [0.05, 0.1) is 39.0 Å². The van der Waals surface area contributed by atoms with Gasteiger partial charge < -0.3 is 9.13 Å². The molecule has 0 aliphatic heterocycles. The van der Waals surface area contributed by atoms with Gasteiger partial charge in [-0.2, -0.15) is 18.4 Å². The number of alkyl halides is 3. The highest BCUT2D eigenvalue weighted by Crippen LogP contribution is 2.45. The second kappa shape index (κ2) is 18.2. The van der Waals surface area contributed by atoms with Crippen LogP contribution >= 0.6 is 0 Å². The normalized spacial score (nSPS) is 11.9. The van der Waals surface area contributed by atoms with Crippen LogP contribution in [0.25, 0.3) is 111 Å². The van der Waals surface area contributed by atoms with E-state index in [9.17, 15) is 5.26 Å². The van der Waals surface area contributed by atoms with Crippen LogP contribution in [0.15, 0.2) is 182 Å². The number of nitriles is 1. The SMILES string of the molecule is Cc1cc(C)cc(-c2ccc3c4ccc(-c5cc(C)cc(C)c5)cc4n(-c4cc(-c5ccccc5C(F)(F)F)cc(-n5c6cc(-c7cc(C)cc(C)c7)ccc6c6ccc(-c7cc(C)cc(C)c7)cc65)c4C#N)c3c2)c1. The fraction of sp³-hybridized carbons (Fsp3) is 0.129. The van der Waals surface area contributed by atoms with E-state index in [4.69, 9.17) is 0 Å². The van der Waals surface area contributed by atoms with Gasteiger partial charge in [0.25, 0.3) is 0 Å². The van der Waals surface area contributed by atoms with E-state index >= 15 is 13.2 Å². The molecule has 0 fully saturated rings. The Morgan fingerprint density at radius 2 is 0.618 bits per heavy atom. The highest BCUT2D eigenvalue weighted by molar-refractivity contribution is 6.13. The predicted molar refractivity (Wildman–Crippen MR) is 310 cm³/mol. The lowest BCUT2D eigenvalue weighted by Crippen LogP contribution is -2.09. The summed E-state index contributed by atoms with van der Waals surface area (Å²) in [5.74, 6) is 0. The highest BCUT2D eigenvalue weighted by Gasteiger charge is 2.34. The van der Waals surface area contributed by atoms with Crippen LogP contribution < -0.4 is 0 Å². The van der Waals surface area contributed by atoms with Crippen molar-refractivity contribution in [3.05, 3.63) is 238 Å². The zero-order valence-corrected chi connectivity index (χ0v) is 43.8. The zero-order valence-electron chi connectivity index (χ0n) is 43.8. The van der Waals surface area contributed by atoms with E-state index in [2.05, 4.69) is 216 Å². The van der Waals surface area contributed by atoms with E-state index < -0.39 is 11.7 Å². The van der Waals surface area contributed by atoms with Gasteiger partial charge in [0, 0.05) is 21.5 Å². The number of aryl methyl sites for hydroxylation is 8. The smallest absolute Gasteiger partial charge is 0.308 e. The molecular formula is C70H54F3N3. The summed E-state index contributed by atoms with van der Waals surface area (Å²) in [6, 6.07) is 63.9. The molecule has 370 valence electrons. The van der Waals surface area contributed by atoms with Crippen molar-refractivity contribution in [3.8, 4) is 73.1 Å². The second-order valence-electron chi connectivity index (χ2n) is 21.1. The minimum Gasteiger partial charge on any atom is -0.308 e. The van der Waals surface area contributed by atoms with E-state index in [1.165, 1.54) is 6.07 Å². The molecule has 0 radical (unpaired) electrons. The van der Waals surface area contributed by atoms with Crippen LogP contribution in [-0.4, -0.2) is 9.13 Å². The maximum Gasteiger partial charge on any atom is 0.417 e. The Labute approximate surface area is 441 Å². The lowest BCUT2D eigenvalue weighted by atomic mass is 9.95. The number of benzene rings is 10. The maximum absolute atomic E-state index is 15.4. The summed E-state index contributed by atoms with van der Waals surface area (Å²) in [7, 11) is 0. The Morgan fingerprint density at radius 3 is 0.895 bits per heavy atom. The molecule has 0 saturated heterocycles. The number of rotatable bonds is 7. The maximum atomic E-state index is 15.4. The van der Waals surface area contributed by atoms with Gasteiger partial charge in [-0.05, 0) is 153 Å².